The van der Waals surface area contributed by atoms with Gasteiger partial charge in [0.05, 0.1) is 23.8 Å². The van der Waals surface area contributed by atoms with Gasteiger partial charge in [0.1, 0.15) is 0 Å². The maximum absolute atomic E-state index is 4.61. The SMILES string of the molecule is c1ccc(C[C@@H]2c3nc[nH]c3CCN2Cc2ccccn2)cc1. The molecule has 0 amide bonds. The summed E-state index contributed by atoms with van der Waals surface area (Å²) in [4.78, 5) is 14.9. The molecule has 0 spiro atoms. The van der Waals surface area contributed by atoms with Crippen molar-refractivity contribution in [3.63, 3.8) is 0 Å². The summed E-state index contributed by atoms with van der Waals surface area (Å²) in [6.45, 7) is 1.90. The van der Waals surface area contributed by atoms with E-state index in [1.165, 1.54) is 17.0 Å². The average molecular weight is 304 g/mol. The van der Waals surface area contributed by atoms with E-state index >= 15 is 0 Å². The second-order valence-electron chi connectivity index (χ2n) is 6.01. The van der Waals surface area contributed by atoms with Gasteiger partial charge in [-0.1, -0.05) is 36.4 Å². The normalized spacial score (nSPS) is 17.8. The van der Waals surface area contributed by atoms with E-state index in [1.54, 1.807) is 0 Å². The van der Waals surface area contributed by atoms with Crippen LogP contribution in [0.25, 0.3) is 0 Å². The number of nitrogens with zero attached hydrogens (tertiary/aromatic N) is 3. The Hall–Kier alpha value is -2.46. The van der Waals surface area contributed by atoms with Gasteiger partial charge < -0.3 is 4.98 Å². The first-order valence-electron chi connectivity index (χ1n) is 8.10. The Bertz CT molecular complexity index is 751. The van der Waals surface area contributed by atoms with Gasteiger partial charge in [0.15, 0.2) is 0 Å². The van der Waals surface area contributed by atoms with Crippen LogP contribution in [0.3, 0.4) is 0 Å². The predicted octanol–water partition coefficient (Wildman–Crippen LogP) is 3.15. The van der Waals surface area contributed by atoms with E-state index in [2.05, 4.69) is 62.3 Å². The van der Waals surface area contributed by atoms with Crippen LogP contribution in [-0.2, 0) is 19.4 Å². The lowest BCUT2D eigenvalue weighted by molar-refractivity contribution is 0.168. The molecule has 4 rings (SSSR count). The molecule has 0 unspecified atom stereocenters. The van der Waals surface area contributed by atoms with E-state index in [4.69, 9.17) is 0 Å². The molecule has 1 aliphatic heterocycles. The van der Waals surface area contributed by atoms with Gasteiger partial charge in [-0.3, -0.25) is 9.88 Å². The summed E-state index contributed by atoms with van der Waals surface area (Å²) in [5.74, 6) is 0. The predicted molar refractivity (Wildman–Crippen MR) is 89.8 cm³/mol. The van der Waals surface area contributed by atoms with Crippen LogP contribution < -0.4 is 0 Å². The Morgan fingerprint density at radius 3 is 2.74 bits per heavy atom. The zero-order chi connectivity index (χ0) is 15.5. The molecule has 23 heavy (non-hydrogen) atoms. The number of rotatable bonds is 4. The van der Waals surface area contributed by atoms with Crippen LogP contribution in [0, 0.1) is 0 Å². The van der Waals surface area contributed by atoms with Crippen molar-refractivity contribution in [3.8, 4) is 0 Å². The van der Waals surface area contributed by atoms with E-state index in [0.29, 0.717) is 6.04 Å². The Kier molecular flexibility index (Phi) is 3.90. The quantitative estimate of drug-likeness (QED) is 0.805. The number of imidazole rings is 1. The van der Waals surface area contributed by atoms with Gasteiger partial charge in [0.2, 0.25) is 0 Å². The number of hydrogen-bond acceptors (Lipinski definition) is 3. The third-order valence-corrected chi connectivity index (χ3v) is 4.52. The van der Waals surface area contributed by atoms with Crippen LogP contribution >= 0.6 is 0 Å². The van der Waals surface area contributed by atoms with Crippen LogP contribution in [0.4, 0.5) is 0 Å². The molecule has 2 aromatic heterocycles. The molecular weight excluding hydrogens is 284 g/mol. The summed E-state index contributed by atoms with van der Waals surface area (Å²) < 4.78 is 0. The van der Waals surface area contributed by atoms with Crippen molar-refractivity contribution in [2.45, 2.75) is 25.4 Å². The Morgan fingerprint density at radius 1 is 1.04 bits per heavy atom. The number of H-pyrrole nitrogens is 1. The highest BCUT2D eigenvalue weighted by Crippen LogP contribution is 2.31. The molecule has 0 saturated heterocycles. The van der Waals surface area contributed by atoms with Crippen molar-refractivity contribution in [2.75, 3.05) is 6.54 Å². The van der Waals surface area contributed by atoms with Crippen molar-refractivity contribution in [1.29, 1.82) is 0 Å². The zero-order valence-electron chi connectivity index (χ0n) is 13.0. The van der Waals surface area contributed by atoms with Crippen molar-refractivity contribution in [1.82, 2.24) is 19.9 Å². The lowest BCUT2D eigenvalue weighted by Crippen LogP contribution is -2.36. The molecule has 4 nitrogen and oxygen atoms in total. The van der Waals surface area contributed by atoms with Gasteiger partial charge in [-0.15, -0.1) is 0 Å². The highest BCUT2D eigenvalue weighted by molar-refractivity contribution is 5.25. The minimum absolute atomic E-state index is 0.300. The zero-order valence-corrected chi connectivity index (χ0v) is 13.0. The molecular formula is C19H20N4. The molecule has 0 fully saturated rings. The smallest absolute Gasteiger partial charge is 0.0925 e. The fourth-order valence-corrected chi connectivity index (χ4v) is 3.36. The summed E-state index contributed by atoms with van der Waals surface area (Å²) in [5, 5.41) is 0. The van der Waals surface area contributed by atoms with E-state index in [1.807, 2.05) is 18.6 Å². The first-order valence-corrected chi connectivity index (χ1v) is 8.10. The fourth-order valence-electron chi connectivity index (χ4n) is 3.36. The molecule has 1 aromatic carbocycles. The minimum atomic E-state index is 0.300. The van der Waals surface area contributed by atoms with Gasteiger partial charge in [-0.25, -0.2) is 4.98 Å². The van der Waals surface area contributed by atoms with Gasteiger partial charge in [0.25, 0.3) is 0 Å². The van der Waals surface area contributed by atoms with E-state index in [0.717, 1.165) is 31.6 Å². The van der Waals surface area contributed by atoms with Gasteiger partial charge >= 0.3 is 0 Å². The molecule has 116 valence electrons. The molecule has 0 radical (unpaired) electrons. The van der Waals surface area contributed by atoms with Crippen LogP contribution in [0.2, 0.25) is 0 Å². The van der Waals surface area contributed by atoms with E-state index < -0.39 is 0 Å². The molecule has 3 aromatic rings. The van der Waals surface area contributed by atoms with Gasteiger partial charge in [-0.2, -0.15) is 0 Å². The number of benzene rings is 1. The van der Waals surface area contributed by atoms with Crippen LogP contribution in [-0.4, -0.2) is 26.4 Å². The third kappa shape index (κ3) is 3.03. The number of fused-ring (bicyclic) bond motifs is 1. The number of aromatic nitrogens is 3. The summed E-state index contributed by atoms with van der Waals surface area (Å²) in [7, 11) is 0. The number of aromatic amines is 1. The summed E-state index contributed by atoms with van der Waals surface area (Å²) in [6.07, 6.45) is 5.69. The molecule has 0 saturated carbocycles. The Balaban J connectivity index is 1.62. The van der Waals surface area contributed by atoms with Crippen LogP contribution in [0.5, 0.6) is 0 Å². The van der Waals surface area contributed by atoms with Crippen molar-refractivity contribution in [2.24, 2.45) is 0 Å². The largest absolute Gasteiger partial charge is 0.348 e. The van der Waals surface area contributed by atoms with Crippen LogP contribution in [0.15, 0.2) is 61.1 Å². The Morgan fingerprint density at radius 2 is 1.91 bits per heavy atom. The highest BCUT2D eigenvalue weighted by atomic mass is 15.2. The van der Waals surface area contributed by atoms with Crippen LogP contribution in [0.1, 0.15) is 28.7 Å². The topological polar surface area (TPSA) is 44.8 Å². The monoisotopic (exact) mass is 304 g/mol. The lowest BCUT2D eigenvalue weighted by Gasteiger charge is -2.34. The van der Waals surface area contributed by atoms with Crippen molar-refractivity contribution >= 4 is 0 Å². The maximum atomic E-state index is 4.61. The first kappa shape index (κ1) is 14.2. The molecule has 0 aliphatic carbocycles. The van der Waals surface area contributed by atoms with Gasteiger partial charge in [-0.05, 0) is 24.1 Å². The van der Waals surface area contributed by atoms with Crippen molar-refractivity contribution < 1.29 is 0 Å². The molecule has 0 bridgehead atoms. The molecule has 1 aliphatic rings. The second kappa shape index (κ2) is 6.34. The Labute approximate surface area is 136 Å². The van der Waals surface area contributed by atoms with Crippen molar-refractivity contribution in [3.05, 3.63) is 83.7 Å². The number of pyridine rings is 1. The molecule has 1 atom stereocenters. The molecule has 3 heterocycles. The maximum Gasteiger partial charge on any atom is 0.0925 e. The lowest BCUT2D eigenvalue weighted by atomic mass is 9.96. The van der Waals surface area contributed by atoms with Gasteiger partial charge in [0, 0.05) is 31.4 Å². The highest BCUT2D eigenvalue weighted by Gasteiger charge is 2.29. The summed E-state index contributed by atoms with van der Waals surface area (Å²) in [6, 6.07) is 17.1. The standard InChI is InChI=1S/C19H20N4/c1-2-6-15(7-3-1)12-18-19-17(21-14-22-19)9-11-23(18)13-16-8-4-5-10-20-16/h1-8,10,14,18H,9,11-13H2,(H,21,22)/t18-/m1/s1. The fraction of sp³-hybridized carbons (Fsp3) is 0.263. The molecule has 1 N–H and O–H groups in total. The van der Waals surface area contributed by atoms with E-state index in [-0.39, 0.29) is 0 Å². The number of hydrogen-bond donors (Lipinski definition) is 1. The average Bonchev–Trinajstić information content (AvgIpc) is 3.08. The summed E-state index contributed by atoms with van der Waals surface area (Å²) >= 11 is 0. The van der Waals surface area contributed by atoms with E-state index in [9.17, 15) is 0 Å². The minimum Gasteiger partial charge on any atom is -0.348 e. The third-order valence-electron chi connectivity index (χ3n) is 4.52. The molecule has 4 heteroatoms. The second-order valence-corrected chi connectivity index (χ2v) is 6.01. The number of nitrogens with one attached hydrogen (secondary N) is 1. The summed E-state index contributed by atoms with van der Waals surface area (Å²) in [5.41, 5.74) is 4.93. The first-order chi connectivity index (χ1) is 11.4.